The summed E-state index contributed by atoms with van der Waals surface area (Å²) >= 11 is 0. The van der Waals surface area contributed by atoms with Gasteiger partial charge in [-0.15, -0.1) is 0 Å². The Bertz CT molecular complexity index is 524. The first-order valence-corrected chi connectivity index (χ1v) is 8.56. The van der Waals surface area contributed by atoms with Crippen molar-refractivity contribution in [1.82, 2.24) is 4.90 Å². The number of morpholine rings is 1. The predicted molar refractivity (Wildman–Crippen MR) is 92.1 cm³/mol. The zero-order valence-corrected chi connectivity index (χ0v) is 14.3. The second-order valence-corrected chi connectivity index (χ2v) is 5.82. The Morgan fingerprint density at radius 2 is 1.92 bits per heavy atom. The summed E-state index contributed by atoms with van der Waals surface area (Å²) < 4.78 is 10.4. The van der Waals surface area contributed by atoms with Gasteiger partial charge in [-0.1, -0.05) is 13.3 Å². The van der Waals surface area contributed by atoms with Gasteiger partial charge < -0.3 is 14.8 Å². The average Bonchev–Trinajstić information content (AvgIpc) is 2.61. The number of anilines is 1. The highest BCUT2D eigenvalue weighted by atomic mass is 16.5. The molecule has 1 aromatic carbocycles. The number of amides is 1. The molecule has 1 aliphatic rings. The van der Waals surface area contributed by atoms with Crippen molar-refractivity contribution in [2.45, 2.75) is 26.2 Å². The minimum absolute atomic E-state index is 0.0280. The monoisotopic (exact) mass is 334 g/mol. The molecule has 1 N–H and O–H groups in total. The number of unbranched alkanes of at least 4 members (excludes halogenated alkanes) is 1. The molecule has 0 atom stereocenters. The summed E-state index contributed by atoms with van der Waals surface area (Å²) in [4.78, 5) is 26.0. The van der Waals surface area contributed by atoms with Gasteiger partial charge in [-0.25, -0.2) is 4.79 Å². The van der Waals surface area contributed by atoms with E-state index in [1.54, 1.807) is 24.3 Å². The van der Waals surface area contributed by atoms with Crippen LogP contribution in [-0.4, -0.2) is 56.2 Å². The van der Waals surface area contributed by atoms with Crippen LogP contribution in [0.5, 0.6) is 0 Å². The van der Waals surface area contributed by atoms with E-state index in [-0.39, 0.29) is 11.9 Å². The number of nitrogens with zero attached hydrogens (tertiary/aromatic N) is 1. The van der Waals surface area contributed by atoms with Crippen molar-refractivity contribution in [2.75, 3.05) is 44.8 Å². The smallest absolute Gasteiger partial charge is 0.338 e. The molecule has 6 nitrogen and oxygen atoms in total. The highest BCUT2D eigenvalue weighted by Crippen LogP contribution is 2.11. The van der Waals surface area contributed by atoms with Gasteiger partial charge in [-0.05, 0) is 30.7 Å². The number of hydrogen-bond acceptors (Lipinski definition) is 5. The van der Waals surface area contributed by atoms with Gasteiger partial charge in [-0.3, -0.25) is 9.69 Å². The lowest BCUT2D eigenvalue weighted by atomic mass is 10.2. The number of ether oxygens (including phenoxy) is 2. The van der Waals surface area contributed by atoms with E-state index in [0.717, 1.165) is 45.7 Å². The summed E-state index contributed by atoms with van der Waals surface area (Å²) in [7, 11) is 0. The number of carbonyl (C=O) groups is 2. The molecule has 24 heavy (non-hydrogen) atoms. The van der Waals surface area contributed by atoms with Crippen LogP contribution in [0.2, 0.25) is 0 Å². The van der Waals surface area contributed by atoms with Crippen LogP contribution in [-0.2, 0) is 14.3 Å². The van der Waals surface area contributed by atoms with Gasteiger partial charge in [0.1, 0.15) is 0 Å². The maximum atomic E-state index is 12.0. The standard InChI is InChI=1S/C18H26N2O4/c1-2-3-12-24-18(22)15-4-6-16(7-5-15)19-17(21)8-9-20-10-13-23-14-11-20/h4-7H,2-3,8-14H2,1H3,(H,19,21). The molecule has 1 aromatic rings. The van der Waals surface area contributed by atoms with E-state index >= 15 is 0 Å². The molecule has 1 heterocycles. The van der Waals surface area contributed by atoms with Crippen LogP contribution < -0.4 is 5.32 Å². The van der Waals surface area contributed by atoms with E-state index in [1.165, 1.54) is 0 Å². The van der Waals surface area contributed by atoms with Gasteiger partial charge in [0.2, 0.25) is 5.91 Å². The molecule has 1 saturated heterocycles. The van der Waals surface area contributed by atoms with Crippen molar-refractivity contribution in [3.8, 4) is 0 Å². The first-order valence-electron chi connectivity index (χ1n) is 8.56. The fourth-order valence-corrected chi connectivity index (χ4v) is 2.39. The highest BCUT2D eigenvalue weighted by molar-refractivity contribution is 5.93. The SMILES string of the molecule is CCCCOC(=O)c1ccc(NC(=O)CCN2CCOCC2)cc1. The van der Waals surface area contributed by atoms with Gasteiger partial charge in [0.25, 0.3) is 0 Å². The largest absolute Gasteiger partial charge is 0.462 e. The Morgan fingerprint density at radius 1 is 1.21 bits per heavy atom. The number of carbonyl (C=O) groups excluding carboxylic acids is 2. The molecule has 0 unspecified atom stereocenters. The zero-order chi connectivity index (χ0) is 17.2. The van der Waals surface area contributed by atoms with Gasteiger partial charge in [0.15, 0.2) is 0 Å². The lowest BCUT2D eigenvalue weighted by molar-refractivity contribution is -0.116. The number of nitrogens with one attached hydrogen (secondary N) is 1. The second kappa shape index (κ2) is 10.1. The number of benzene rings is 1. The van der Waals surface area contributed by atoms with Crippen molar-refractivity contribution in [3.05, 3.63) is 29.8 Å². The Morgan fingerprint density at radius 3 is 2.58 bits per heavy atom. The fraction of sp³-hybridized carbons (Fsp3) is 0.556. The van der Waals surface area contributed by atoms with Gasteiger partial charge in [0, 0.05) is 31.7 Å². The number of hydrogen-bond donors (Lipinski definition) is 1. The van der Waals surface area contributed by atoms with Crippen LogP contribution in [0.3, 0.4) is 0 Å². The maximum Gasteiger partial charge on any atom is 0.338 e. The molecule has 0 aliphatic carbocycles. The molecule has 0 spiro atoms. The Kier molecular flexibility index (Phi) is 7.71. The van der Waals surface area contributed by atoms with E-state index in [0.29, 0.717) is 24.3 Å². The molecule has 1 fully saturated rings. The topological polar surface area (TPSA) is 67.9 Å². The van der Waals surface area contributed by atoms with Crippen molar-refractivity contribution in [2.24, 2.45) is 0 Å². The minimum Gasteiger partial charge on any atom is -0.462 e. The van der Waals surface area contributed by atoms with Crippen LogP contribution >= 0.6 is 0 Å². The molecule has 2 rings (SSSR count). The summed E-state index contributed by atoms with van der Waals surface area (Å²) in [6.45, 7) is 6.44. The Labute approximate surface area is 143 Å². The van der Waals surface area contributed by atoms with Gasteiger partial charge >= 0.3 is 5.97 Å². The zero-order valence-electron chi connectivity index (χ0n) is 14.3. The van der Waals surface area contributed by atoms with E-state index in [9.17, 15) is 9.59 Å². The fourth-order valence-electron chi connectivity index (χ4n) is 2.39. The van der Waals surface area contributed by atoms with Crippen LogP contribution in [0, 0.1) is 0 Å². The van der Waals surface area contributed by atoms with E-state index in [2.05, 4.69) is 10.2 Å². The molecule has 0 radical (unpaired) electrons. The van der Waals surface area contributed by atoms with E-state index < -0.39 is 0 Å². The van der Waals surface area contributed by atoms with Crippen molar-refractivity contribution in [3.63, 3.8) is 0 Å². The van der Waals surface area contributed by atoms with Crippen LogP contribution in [0.15, 0.2) is 24.3 Å². The molecule has 1 amide bonds. The minimum atomic E-state index is -0.325. The maximum absolute atomic E-state index is 12.0. The lowest BCUT2D eigenvalue weighted by Gasteiger charge is -2.26. The number of esters is 1. The normalized spacial score (nSPS) is 15.0. The van der Waals surface area contributed by atoms with Gasteiger partial charge in [-0.2, -0.15) is 0 Å². The summed E-state index contributed by atoms with van der Waals surface area (Å²) in [5, 5.41) is 2.85. The molecule has 0 aromatic heterocycles. The first-order chi connectivity index (χ1) is 11.7. The van der Waals surface area contributed by atoms with Crippen LogP contribution in [0.4, 0.5) is 5.69 Å². The Hall–Kier alpha value is -1.92. The third kappa shape index (κ3) is 6.29. The first kappa shape index (κ1) is 18.4. The highest BCUT2D eigenvalue weighted by Gasteiger charge is 2.12. The summed E-state index contributed by atoms with van der Waals surface area (Å²) in [5.74, 6) is -0.353. The van der Waals surface area contributed by atoms with Crippen LogP contribution in [0.25, 0.3) is 0 Å². The molecule has 132 valence electrons. The summed E-state index contributed by atoms with van der Waals surface area (Å²) in [5.41, 5.74) is 1.18. The molecule has 0 saturated carbocycles. The third-order valence-corrected chi connectivity index (χ3v) is 3.89. The Balaban J connectivity index is 1.74. The third-order valence-electron chi connectivity index (χ3n) is 3.89. The summed E-state index contributed by atoms with van der Waals surface area (Å²) in [6.07, 6.45) is 2.30. The lowest BCUT2D eigenvalue weighted by Crippen LogP contribution is -2.38. The molecule has 6 heteroatoms. The molecule has 1 aliphatic heterocycles. The van der Waals surface area contributed by atoms with Crippen molar-refractivity contribution < 1.29 is 19.1 Å². The second-order valence-electron chi connectivity index (χ2n) is 5.82. The van der Waals surface area contributed by atoms with E-state index in [1.807, 2.05) is 6.92 Å². The van der Waals surface area contributed by atoms with Crippen LogP contribution in [0.1, 0.15) is 36.5 Å². The molecule has 0 bridgehead atoms. The van der Waals surface area contributed by atoms with Crippen molar-refractivity contribution in [1.29, 1.82) is 0 Å². The average molecular weight is 334 g/mol. The molecular weight excluding hydrogens is 308 g/mol. The van der Waals surface area contributed by atoms with E-state index in [4.69, 9.17) is 9.47 Å². The predicted octanol–water partition coefficient (Wildman–Crippen LogP) is 2.30. The van der Waals surface area contributed by atoms with Crippen molar-refractivity contribution >= 4 is 17.6 Å². The quantitative estimate of drug-likeness (QED) is 0.584. The van der Waals surface area contributed by atoms with Gasteiger partial charge in [0.05, 0.1) is 25.4 Å². The summed E-state index contributed by atoms with van der Waals surface area (Å²) in [6, 6.07) is 6.80. The molecular formula is C18H26N2O4. The number of rotatable bonds is 8.